The number of hydrogen-bond acceptors (Lipinski definition) is 3. The van der Waals surface area contributed by atoms with Crippen LogP contribution in [0, 0.1) is 18.7 Å². The Bertz CT molecular complexity index is 843. The van der Waals surface area contributed by atoms with E-state index in [9.17, 15) is 14.0 Å². The van der Waals surface area contributed by atoms with E-state index < -0.39 is 0 Å². The van der Waals surface area contributed by atoms with Gasteiger partial charge in [0.1, 0.15) is 12.4 Å². The van der Waals surface area contributed by atoms with Crippen molar-refractivity contribution in [1.82, 2.24) is 9.80 Å². The summed E-state index contributed by atoms with van der Waals surface area (Å²) < 4.78 is 13.3. The summed E-state index contributed by atoms with van der Waals surface area (Å²) in [5.41, 5.74) is 2.02. The monoisotopic (exact) mass is 416 g/mol. The van der Waals surface area contributed by atoms with Crippen LogP contribution in [-0.4, -0.2) is 34.2 Å². The highest BCUT2D eigenvalue weighted by Gasteiger charge is 2.32. The minimum absolute atomic E-state index is 0.0248. The second-order valence-corrected chi connectivity index (χ2v) is 9.09. The number of rotatable bonds is 8. The maximum Gasteiger partial charge on any atom is 0.242 e. The van der Waals surface area contributed by atoms with Crippen LogP contribution in [0.25, 0.3) is 0 Å². The number of nitrogens with zero attached hydrogens (tertiary/aromatic N) is 2. The molecule has 0 unspecified atom stereocenters. The predicted octanol–water partition coefficient (Wildman–Crippen LogP) is 4.76. The SMILES string of the molecule is Cc1ccsc1CN(Cc1ccc(F)cc1)C(=O)CN(C(=O)C1CCC1)C(C)C. The minimum Gasteiger partial charge on any atom is -0.332 e. The molecule has 6 heteroatoms. The number of thiophene rings is 1. The van der Waals surface area contributed by atoms with Gasteiger partial charge in [-0.15, -0.1) is 11.3 Å². The van der Waals surface area contributed by atoms with E-state index in [1.165, 1.54) is 12.1 Å². The molecule has 3 rings (SSSR count). The quantitative estimate of drug-likeness (QED) is 0.622. The number of benzene rings is 1. The van der Waals surface area contributed by atoms with Crippen LogP contribution < -0.4 is 0 Å². The van der Waals surface area contributed by atoms with Gasteiger partial charge in [0.25, 0.3) is 0 Å². The van der Waals surface area contributed by atoms with Crippen molar-refractivity contribution in [3.63, 3.8) is 0 Å². The first-order chi connectivity index (χ1) is 13.8. The van der Waals surface area contributed by atoms with Crippen molar-refractivity contribution in [3.8, 4) is 0 Å². The molecule has 1 aliphatic carbocycles. The van der Waals surface area contributed by atoms with Gasteiger partial charge in [0.2, 0.25) is 11.8 Å². The number of aryl methyl sites for hydroxylation is 1. The lowest BCUT2D eigenvalue weighted by atomic mass is 9.84. The highest BCUT2D eigenvalue weighted by molar-refractivity contribution is 7.10. The first-order valence-electron chi connectivity index (χ1n) is 10.2. The summed E-state index contributed by atoms with van der Waals surface area (Å²) in [6, 6.07) is 8.25. The fourth-order valence-corrected chi connectivity index (χ4v) is 4.35. The fraction of sp³-hybridized carbons (Fsp3) is 0.478. The maximum absolute atomic E-state index is 13.3. The van der Waals surface area contributed by atoms with Gasteiger partial charge in [-0.2, -0.15) is 0 Å². The second kappa shape index (κ2) is 9.53. The van der Waals surface area contributed by atoms with Gasteiger partial charge in [0.05, 0.1) is 6.54 Å². The van der Waals surface area contributed by atoms with Crippen molar-refractivity contribution in [2.45, 2.75) is 59.2 Å². The molecule has 1 heterocycles. The van der Waals surface area contributed by atoms with E-state index in [1.807, 2.05) is 32.2 Å². The van der Waals surface area contributed by atoms with Crippen LogP contribution in [0.3, 0.4) is 0 Å². The molecular formula is C23H29FN2O2S. The van der Waals surface area contributed by atoms with Gasteiger partial charge < -0.3 is 9.80 Å². The zero-order valence-electron chi connectivity index (χ0n) is 17.4. The van der Waals surface area contributed by atoms with Crippen molar-refractivity contribution in [2.24, 2.45) is 5.92 Å². The van der Waals surface area contributed by atoms with Gasteiger partial charge in [-0.25, -0.2) is 4.39 Å². The zero-order chi connectivity index (χ0) is 21.0. The van der Waals surface area contributed by atoms with Crippen LogP contribution in [0.15, 0.2) is 35.7 Å². The molecule has 1 aromatic heterocycles. The topological polar surface area (TPSA) is 40.6 Å². The molecule has 1 aliphatic rings. The Morgan fingerprint density at radius 3 is 2.34 bits per heavy atom. The normalized spacial score (nSPS) is 14.0. The van der Waals surface area contributed by atoms with Crippen LogP contribution in [0.4, 0.5) is 4.39 Å². The molecule has 0 radical (unpaired) electrons. The summed E-state index contributed by atoms with van der Waals surface area (Å²) >= 11 is 1.62. The maximum atomic E-state index is 13.3. The van der Waals surface area contributed by atoms with E-state index in [-0.39, 0.29) is 36.1 Å². The van der Waals surface area contributed by atoms with Crippen molar-refractivity contribution < 1.29 is 14.0 Å². The second-order valence-electron chi connectivity index (χ2n) is 8.09. The number of amides is 2. The summed E-state index contributed by atoms with van der Waals surface area (Å²) in [5.74, 6) is -0.217. The lowest BCUT2D eigenvalue weighted by molar-refractivity contribution is -0.146. The van der Waals surface area contributed by atoms with Crippen molar-refractivity contribution in [2.75, 3.05) is 6.54 Å². The third-order valence-corrected chi connectivity index (χ3v) is 6.62. The van der Waals surface area contributed by atoms with Crippen molar-refractivity contribution in [1.29, 1.82) is 0 Å². The molecule has 0 aliphatic heterocycles. The molecule has 29 heavy (non-hydrogen) atoms. The van der Waals surface area contributed by atoms with Gasteiger partial charge in [-0.05, 0) is 68.3 Å². The lowest BCUT2D eigenvalue weighted by Gasteiger charge is -2.35. The molecule has 4 nitrogen and oxygen atoms in total. The van der Waals surface area contributed by atoms with E-state index in [4.69, 9.17) is 0 Å². The van der Waals surface area contributed by atoms with Gasteiger partial charge in [0.15, 0.2) is 0 Å². The van der Waals surface area contributed by atoms with Gasteiger partial charge >= 0.3 is 0 Å². The van der Waals surface area contributed by atoms with Gasteiger partial charge in [-0.1, -0.05) is 18.6 Å². The summed E-state index contributed by atoms with van der Waals surface area (Å²) in [6.45, 7) is 6.91. The average molecular weight is 417 g/mol. The van der Waals surface area contributed by atoms with Crippen molar-refractivity contribution in [3.05, 3.63) is 57.5 Å². The highest BCUT2D eigenvalue weighted by atomic mass is 32.1. The molecule has 1 fully saturated rings. The fourth-order valence-electron chi connectivity index (χ4n) is 3.43. The van der Waals surface area contributed by atoms with E-state index in [2.05, 4.69) is 0 Å². The van der Waals surface area contributed by atoms with Crippen LogP contribution in [-0.2, 0) is 22.7 Å². The van der Waals surface area contributed by atoms with E-state index in [1.54, 1.807) is 33.3 Å². The largest absolute Gasteiger partial charge is 0.332 e. The summed E-state index contributed by atoms with van der Waals surface area (Å²) in [7, 11) is 0. The Hall–Kier alpha value is -2.21. The van der Waals surface area contributed by atoms with E-state index in [0.717, 1.165) is 35.3 Å². The average Bonchev–Trinajstić information content (AvgIpc) is 3.03. The Labute approximate surface area is 176 Å². The smallest absolute Gasteiger partial charge is 0.242 e. The number of hydrogen-bond donors (Lipinski definition) is 0. The van der Waals surface area contributed by atoms with E-state index in [0.29, 0.717) is 13.1 Å². The Balaban J connectivity index is 1.77. The zero-order valence-corrected chi connectivity index (χ0v) is 18.2. The number of halogens is 1. The summed E-state index contributed by atoms with van der Waals surface area (Å²) in [6.07, 6.45) is 2.93. The molecule has 0 atom stereocenters. The summed E-state index contributed by atoms with van der Waals surface area (Å²) in [5, 5.41) is 2.02. The molecule has 156 valence electrons. The molecule has 0 saturated heterocycles. The Morgan fingerprint density at radius 2 is 1.83 bits per heavy atom. The van der Waals surface area contributed by atoms with Crippen LogP contribution in [0.2, 0.25) is 0 Å². The standard InChI is InChI=1S/C23H29FN2O2S/c1-16(2)26(23(28)19-5-4-6-19)15-22(27)25(14-21-17(3)11-12-29-21)13-18-7-9-20(24)10-8-18/h7-12,16,19H,4-6,13-15H2,1-3H3. The number of carbonyl (C=O) groups excluding carboxylic acids is 2. The van der Waals surface area contributed by atoms with Crippen LogP contribution in [0.5, 0.6) is 0 Å². The molecule has 1 aromatic carbocycles. The van der Waals surface area contributed by atoms with Crippen LogP contribution in [0.1, 0.15) is 49.1 Å². The van der Waals surface area contributed by atoms with Gasteiger partial charge in [-0.3, -0.25) is 9.59 Å². The van der Waals surface area contributed by atoms with Gasteiger partial charge in [0, 0.05) is 23.4 Å². The first-order valence-corrected chi connectivity index (χ1v) is 11.1. The van der Waals surface area contributed by atoms with E-state index >= 15 is 0 Å². The Morgan fingerprint density at radius 1 is 1.14 bits per heavy atom. The molecule has 0 bridgehead atoms. The molecule has 2 amide bonds. The highest BCUT2D eigenvalue weighted by Crippen LogP contribution is 2.29. The molecule has 0 N–H and O–H groups in total. The molecule has 0 spiro atoms. The predicted molar refractivity (Wildman–Crippen MR) is 114 cm³/mol. The molecule has 1 saturated carbocycles. The van der Waals surface area contributed by atoms with Crippen molar-refractivity contribution >= 4 is 23.2 Å². The molecular weight excluding hydrogens is 387 g/mol. The Kier molecular flexibility index (Phi) is 7.06. The molecule has 2 aromatic rings. The third kappa shape index (κ3) is 5.44. The first kappa shape index (κ1) is 21.5. The number of carbonyl (C=O) groups is 2. The third-order valence-electron chi connectivity index (χ3n) is 5.61. The summed E-state index contributed by atoms with van der Waals surface area (Å²) in [4.78, 5) is 30.7. The van der Waals surface area contributed by atoms with Crippen LogP contribution >= 0.6 is 11.3 Å². The minimum atomic E-state index is -0.294. The lowest BCUT2D eigenvalue weighted by Crippen LogP contribution is -2.48.